The zero-order chi connectivity index (χ0) is 15.9. The summed E-state index contributed by atoms with van der Waals surface area (Å²) < 4.78 is 13.4. The normalized spacial score (nSPS) is 10.8. The Morgan fingerprint density at radius 2 is 1.73 bits per heavy atom. The first-order valence-electron chi connectivity index (χ1n) is 6.13. The summed E-state index contributed by atoms with van der Waals surface area (Å²) in [6.07, 6.45) is 0. The van der Waals surface area contributed by atoms with Gasteiger partial charge in [0.05, 0.1) is 21.3 Å². The van der Waals surface area contributed by atoms with Crippen LogP contribution in [0.15, 0.2) is 36.4 Å². The van der Waals surface area contributed by atoms with E-state index in [1.165, 1.54) is 30.3 Å². The van der Waals surface area contributed by atoms with Crippen LogP contribution in [0.25, 0.3) is 20.8 Å². The topological polar surface area (TPSA) is 87.5 Å². The number of rotatable bonds is 3. The quantitative estimate of drug-likeness (QED) is 0.772. The minimum absolute atomic E-state index is 0.112. The second-order valence-corrected chi connectivity index (χ2v) is 5.54. The molecule has 1 heterocycles. The molecule has 0 spiro atoms. The summed E-state index contributed by atoms with van der Waals surface area (Å²) in [6.45, 7) is 0. The molecule has 0 aliphatic heterocycles. The highest BCUT2D eigenvalue weighted by atomic mass is 32.1. The predicted octanol–water partition coefficient (Wildman–Crippen LogP) is 3.50. The summed E-state index contributed by atoms with van der Waals surface area (Å²) in [4.78, 5) is 26.6. The third-order valence-corrected chi connectivity index (χ3v) is 4.11. The average molecular weight is 317 g/mol. The highest BCUT2D eigenvalue weighted by molar-refractivity contribution is 7.21. The fourth-order valence-corrected chi connectivity index (χ4v) is 3.07. The van der Waals surface area contributed by atoms with Gasteiger partial charge in [0, 0.05) is 5.56 Å². The van der Waals surface area contributed by atoms with Gasteiger partial charge >= 0.3 is 11.9 Å². The van der Waals surface area contributed by atoms with Crippen LogP contribution in [0.4, 0.5) is 4.39 Å². The minimum Gasteiger partial charge on any atom is -0.478 e. The van der Waals surface area contributed by atoms with Crippen molar-refractivity contribution in [3.05, 3.63) is 53.3 Å². The number of carboxylic acid groups (broad SMARTS) is 2. The Kier molecular flexibility index (Phi) is 3.34. The van der Waals surface area contributed by atoms with Crippen LogP contribution in [-0.4, -0.2) is 27.1 Å². The number of carboxylic acids is 2. The summed E-state index contributed by atoms with van der Waals surface area (Å²) in [5, 5.41) is 18.8. The molecule has 7 heteroatoms. The van der Waals surface area contributed by atoms with E-state index in [2.05, 4.69) is 4.98 Å². The first-order valence-corrected chi connectivity index (χ1v) is 6.94. The Balaban J connectivity index is 2.24. The maximum atomic E-state index is 13.0. The fraction of sp³-hybridized carbons (Fsp3) is 0. The largest absolute Gasteiger partial charge is 0.478 e. The predicted molar refractivity (Wildman–Crippen MR) is 78.9 cm³/mol. The zero-order valence-electron chi connectivity index (χ0n) is 10.9. The zero-order valence-corrected chi connectivity index (χ0v) is 11.7. The molecule has 2 aromatic carbocycles. The van der Waals surface area contributed by atoms with E-state index in [4.69, 9.17) is 5.11 Å². The van der Waals surface area contributed by atoms with Gasteiger partial charge < -0.3 is 10.2 Å². The first-order chi connectivity index (χ1) is 10.5. The van der Waals surface area contributed by atoms with E-state index in [9.17, 15) is 19.1 Å². The molecule has 110 valence electrons. The molecule has 0 saturated carbocycles. The molecule has 0 unspecified atom stereocenters. The standard InChI is InChI=1S/C15H8FNO4S/c16-9-3-1-7(2-4-9)13-17-12-10(15(20)21)5-8(14(18)19)6-11(12)22-13/h1-6H,(H,18,19)(H,20,21). The van der Waals surface area contributed by atoms with Crippen LogP contribution >= 0.6 is 11.3 Å². The van der Waals surface area contributed by atoms with Gasteiger partial charge in [0.1, 0.15) is 10.8 Å². The number of nitrogens with zero attached hydrogens (tertiary/aromatic N) is 1. The van der Waals surface area contributed by atoms with Gasteiger partial charge in [-0.1, -0.05) is 0 Å². The van der Waals surface area contributed by atoms with Gasteiger partial charge in [-0.05, 0) is 36.4 Å². The number of aromatic nitrogens is 1. The van der Waals surface area contributed by atoms with Gasteiger partial charge in [-0.15, -0.1) is 11.3 Å². The smallest absolute Gasteiger partial charge is 0.337 e. The van der Waals surface area contributed by atoms with Crippen LogP contribution in [0.1, 0.15) is 20.7 Å². The van der Waals surface area contributed by atoms with Crippen molar-refractivity contribution in [3.63, 3.8) is 0 Å². The Labute approximate surface area is 127 Å². The van der Waals surface area contributed by atoms with E-state index in [0.29, 0.717) is 15.3 Å². The summed E-state index contributed by atoms with van der Waals surface area (Å²) in [7, 11) is 0. The second kappa shape index (κ2) is 5.19. The second-order valence-electron chi connectivity index (χ2n) is 4.51. The van der Waals surface area contributed by atoms with Gasteiger partial charge in [0.15, 0.2) is 0 Å². The molecule has 0 atom stereocenters. The van der Waals surface area contributed by atoms with Crippen LogP contribution in [0, 0.1) is 5.82 Å². The Morgan fingerprint density at radius 3 is 2.32 bits per heavy atom. The van der Waals surface area contributed by atoms with Crippen molar-refractivity contribution in [1.29, 1.82) is 0 Å². The minimum atomic E-state index is -1.25. The number of aromatic carboxylic acids is 2. The first kappa shape index (κ1) is 14.2. The molecule has 1 aromatic heterocycles. The van der Waals surface area contributed by atoms with Crippen molar-refractivity contribution in [1.82, 2.24) is 4.98 Å². The molecule has 0 saturated heterocycles. The lowest BCUT2D eigenvalue weighted by Gasteiger charge is -1.99. The molecule has 5 nitrogen and oxygen atoms in total. The van der Waals surface area contributed by atoms with Gasteiger partial charge in [0.25, 0.3) is 0 Å². The number of hydrogen-bond acceptors (Lipinski definition) is 4. The van der Waals surface area contributed by atoms with Crippen molar-refractivity contribution in [3.8, 4) is 10.6 Å². The van der Waals surface area contributed by atoms with Crippen molar-refractivity contribution in [2.45, 2.75) is 0 Å². The molecule has 0 fully saturated rings. The highest BCUT2D eigenvalue weighted by Crippen LogP contribution is 2.33. The molecular weight excluding hydrogens is 309 g/mol. The maximum Gasteiger partial charge on any atom is 0.337 e. The molecule has 0 radical (unpaired) electrons. The van der Waals surface area contributed by atoms with Crippen LogP contribution in [0.3, 0.4) is 0 Å². The van der Waals surface area contributed by atoms with Crippen molar-refractivity contribution >= 4 is 33.5 Å². The van der Waals surface area contributed by atoms with Crippen LogP contribution < -0.4 is 0 Å². The molecule has 2 N–H and O–H groups in total. The van der Waals surface area contributed by atoms with Gasteiger partial charge in [0.2, 0.25) is 0 Å². The molecule has 0 aliphatic rings. The molecule has 0 aliphatic carbocycles. The summed E-state index contributed by atoms with van der Waals surface area (Å²) in [5.41, 5.74) is 0.580. The van der Waals surface area contributed by atoms with Crippen LogP contribution in [0.5, 0.6) is 0 Å². The van der Waals surface area contributed by atoms with E-state index in [1.54, 1.807) is 0 Å². The lowest BCUT2D eigenvalue weighted by molar-refractivity contribution is 0.0696. The summed E-state index contributed by atoms with van der Waals surface area (Å²) >= 11 is 1.16. The third-order valence-electron chi connectivity index (χ3n) is 3.06. The summed E-state index contributed by atoms with van der Waals surface area (Å²) in [5.74, 6) is -2.84. The molecule has 0 bridgehead atoms. The number of fused-ring (bicyclic) bond motifs is 1. The SMILES string of the molecule is O=C(O)c1cc(C(=O)O)c2nc(-c3ccc(F)cc3)sc2c1. The monoisotopic (exact) mass is 317 g/mol. The van der Waals surface area contributed by atoms with E-state index in [-0.39, 0.29) is 22.5 Å². The lowest BCUT2D eigenvalue weighted by Crippen LogP contribution is -2.02. The third kappa shape index (κ3) is 2.42. The van der Waals surface area contributed by atoms with E-state index >= 15 is 0 Å². The number of halogens is 1. The molecule has 0 amide bonds. The van der Waals surface area contributed by atoms with Crippen molar-refractivity contribution < 1.29 is 24.2 Å². The number of hydrogen-bond donors (Lipinski definition) is 2. The number of carbonyl (C=O) groups is 2. The van der Waals surface area contributed by atoms with E-state index < -0.39 is 11.9 Å². The molecule has 22 heavy (non-hydrogen) atoms. The lowest BCUT2D eigenvalue weighted by atomic mass is 10.1. The molecular formula is C15H8FNO4S. The average Bonchev–Trinajstić information content (AvgIpc) is 2.90. The molecule has 3 aromatic rings. The Hall–Kier alpha value is -2.80. The summed E-state index contributed by atoms with van der Waals surface area (Å²) in [6, 6.07) is 8.09. The Morgan fingerprint density at radius 1 is 1.05 bits per heavy atom. The highest BCUT2D eigenvalue weighted by Gasteiger charge is 2.18. The van der Waals surface area contributed by atoms with Crippen molar-refractivity contribution in [2.75, 3.05) is 0 Å². The van der Waals surface area contributed by atoms with E-state index in [1.807, 2.05) is 0 Å². The Bertz CT molecular complexity index is 902. The van der Waals surface area contributed by atoms with Gasteiger partial charge in [-0.25, -0.2) is 19.0 Å². The van der Waals surface area contributed by atoms with E-state index in [0.717, 1.165) is 17.4 Å². The number of thiazole rings is 1. The van der Waals surface area contributed by atoms with Crippen LogP contribution in [0.2, 0.25) is 0 Å². The maximum absolute atomic E-state index is 13.0. The van der Waals surface area contributed by atoms with Crippen LogP contribution in [-0.2, 0) is 0 Å². The fourth-order valence-electron chi connectivity index (χ4n) is 2.03. The molecule has 3 rings (SSSR count). The van der Waals surface area contributed by atoms with Crippen molar-refractivity contribution in [2.24, 2.45) is 0 Å². The van der Waals surface area contributed by atoms with Gasteiger partial charge in [-0.3, -0.25) is 0 Å². The number of benzene rings is 2. The van der Waals surface area contributed by atoms with Gasteiger partial charge in [-0.2, -0.15) is 0 Å².